The second-order valence-corrected chi connectivity index (χ2v) is 6.59. The first kappa shape index (κ1) is 21.2. The molecule has 4 nitrogen and oxygen atoms in total. The minimum Gasteiger partial charge on any atom is -0.368 e. The number of benzene rings is 3. The summed E-state index contributed by atoms with van der Waals surface area (Å²) >= 11 is 6.00. The summed E-state index contributed by atoms with van der Waals surface area (Å²) in [6.07, 6.45) is 0. The van der Waals surface area contributed by atoms with E-state index in [0.717, 1.165) is 5.56 Å². The highest BCUT2D eigenvalue weighted by Gasteiger charge is 2.24. The van der Waals surface area contributed by atoms with Gasteiger partial charge < -0.3 is 10.6 Å². The summed E-state index contributed by atoms with van der Waals surface area (Å²) in [4.78, 5) is 25.5. The van der Waals surface area contributed by atoms with Crippen molar-refractivity contribution in [3.63, 3.8) is 0 Å². The van der Waals surface area contributed by atoms with Gasteiger partial charge in [0.15, 0.2) is 0 Å². The van der Waals surface area contributed by atoms with Crippen molar-refractivity contribution in [1.29, 1.82) is 0 Å². The second-order valence-electron chi connectivity index (χ2n) is 6.15. The predicted molar refractivity (Wildman–Crippen MR) is 113 cm³/mol. The van der Waals surface area contributed by atoms with Crippen molar-refractivity contribution < 1.29 is 9.59 Å². The zero-order chi connectivity index (χ0) is 20.4. The zero-order valence-corrected chi connectivity index (χ0v) is 16.4. The maximum atomic E-state index is 12.7. The number of nitrogens with two attached hydrogens (primary N) is 1. The quantitative estimate of drug-likeness (QED) is 0.680. The second kappa shape index (κ2) is 10.9. The first-order chi connectivity index (χ1) is 13.5. The van der Waals surface area contributed by atoms with Gasteiger partial charge in [-0.25, -0.2) is 0 Å². The lowest BCUT2D eigenvalue weighted by Crippen LogP contribution is -2.40. The summed E-state index contributed by atoms with van der Waals surface area (Å²) in [5.41, 5.74) is 6.65. The van der Waals surface area contributed by atoms with Gasteiger partial charge in [0.2, 0.25) is 5.91 Å². The lowest BCUT2D eigenvalue weighted by molar-refractivity contribution is -0.119. The van der Waals surface area contributed by atoms with Gasteiger partial charge in [-0.2, -0.15) is 0 Å². The van der Waals surface area contributed by atoms with E-state index in [1.165, 1.54) is 4.90 Å². The molecule has 0 aliphatic carbocycles. The van der Waals surface area contributed by atoms with Crippen molar-refractivity contribution in [1.82, 2.24) is 4.90 Å². The Labute approximate surface area is 170 Å². The number of hydrogen-bond donors (Lipinski definition) is 1. The van der Waals surface area contributed by atoms with Crippen LogP contribution in [0.25, 0.3) is 0 Å². The number of halogens is 1. The van der Waals surface area contributed by atoms with E-state index < -0.39 is 5.91 Å². The van der Waals surface area contributed by atoms with Crippen LogP contribution in [0.2, 0.25) is 5.02 Å². The van der Waals surface area contributed by atoms with Gasteiger partial charge in [-0.15, -0.1) is 0 Å². The fraction of sp³-hybridized carbons (Fsp3) is 0.130. The lowest BCUT2D eigenvalue weighted by Gasteiger charge is -2.28. The molecule has 0 fully saturated rings. The average Bonchev–Trinajstić information content (AvgIpc) is 2.73. The number of primary amides is 1. The Kier molecular flexibility index (Phi) is 8.25. The molecular formula is C23H23ClN2O2. The molecule has 3 rings (SSSR count). The Hall–Kier alpha value is -3.11. The molecule has 5 heteroatoms. The molecular weight excluding hydrogens is 372 g/mol. The molecule has 2 amide bonds. The van der Waals surface area contributed by atoms with Gasteiger partial charge in [-0.1, -0.05) is 78.3 Å². The van der Waals surface area contributed by atoms with Crippen LogP contribution >= 0.6 is 11.6 Å². The Bertz CT molecular complexity index is 859. The molecule has 2 N–H and O–H groups in total. The van der Waals surface area contributed by atoms with Gasteiger partial charge in [-0.05, 0) is 36.8 Å². The van der Waals surface area contributed by atoms with Gasteiger partial charge in [0.25, 0.3) is 5.91 Å². The molecule has 0 saturated carbocycles. The van der Waals surface area contributed by atoms with E-state index in [9.17, 15) is 9.59 Å². The fourth-order valence-corrected chi connectivity index (χ4v) is 2.83. The van der Waals surface area contributed by atoms with Crippen LogP contribution in [-0.2, 0) is 4.79 Å². The third-order valence-corrected chi connectivity index (χ3v) is 4.31. The minimum absolute atomic E-state index is 0.151. The maximum Gasteiger partial charge on any atom is 0.254 e. The first-order valence-corrected chi connectivity index (χ1v) is 9.26. The molecule has 0 spiro atoms. The molecule has 0 heterocycles. The van der Waals surface area contributed by atoms with E-state index in [0.29, 0.717) is 10.6 Å². The van der Waals surface area contributed by atoms with Crippen LogP contribution in [0.1, 0.15) is 28.9 Å². The Morgan fingerprint density at radius 1 is 0.893 bits per heavy atom. The van der Waals surface area contributed by atoms with Crippen LogP contribution in [0.15, 0.2) is 91.0 Å². The molecule has 1 atom stereocenters. The number of hydrogen-bond acceptors (Lipinski definition) is 2. The molecule has 0 radical (unpaired) electrons. The normalized spacial score (nSPS) is 10.9. The molecule has 28 heavy (non-hydrogen) atoms. The summed E-state index contributed by atoms with van der Waals surface area (Å²) in [6, 6.07) is 27.7. The fourth-order valence-electron chi connectivity index (χ4n) is 2.63. The van der Waals surface area contributed by atoms with E-state index in [2.05, 4.69) is 0 Å². The average molecular weight is 395 g/mol. The summed E-state index contributed by atoms with van der Waals surface area (Å²) < 4.78 is 0. The van der Waals surface area contributed by atoms with Crippen LogP contribution < -0.4 is 5.73 Å². The van der Waals surface area contributed by atoms with Crippen molar-refractivity contribution >= 4 is 23.4 Å². The summed E-state index contributed by atoms with van der Waals surface area (Å²) in [6.45, 7) is 1.69. The monoisotopic (exact) mass is 394 g/mol. The Morgan fingerprint density at radius 3 is 1.93 bits per heavy atom. The molecule has 0 saturated heterocycles. The molecule has 0 aliphatic heterocycles. The maximum absolute atomic E-state index is 12.7. The summed E-state index contributed by atoms with van der Waals surface area (Å²) in [7, 11) is 0. The van der Waals surface area contributed by atoms with Crippen LogP contribution in [0.3, 0.4) is 0 Å². The third kappa shape index (κ3) is 6.56. The molecule has 144 valence electrons. The van der Waals surface area contributed by atoms with Crippen LogP contribution in [0.5, 0.6) is 0 Å². The van der Waals surface area contributed by atoms with Crippen molar-refractivity contribution in [2.75, 3.05) is 6.54 Å². The van der Waals surface area contributed by atoms with Gasteiger partial charge in [0, 0.05) is 10.6 Å². The number of carbonyl (C=O) groups excluding carboxylic acids is 2. The zero-order valence-electron chi connectivity index (χ0n) is 15.7. The van der Waals surface area contributed by atoms with Gasteiger partial charge in [-0.3, -0.25) is 9.59 Å². The van der Waals surface area contributed by atoms with Crippen LogP contribution in [0.4, 0.5) is 0 Å². The van der Waals surface area contributed by atoms with Gasteiger partial charge in [0.05, 0.1) is 6.04 Å². The summed E-state index contributed by atoms with van der Waals surface area (Å²) in [5, 5.41) is 0.579. The standard InChI is InChI=1S/C17H17ClN2O2.C6H6/c1-12(14-8-5-9-15(18)10-14)20(11-16(19)21)17(22)13-6-3-2-4-7-13;1-2-4-6-5-3-1/h2-10,12H,11H2,1H3,(H2,19,21);1-6H. The van der Waals surface area contributed by atoms with Gasteiger partial charge in [0.1, 0.15) is 6.54 Å². The third-order valence-electron chi connectivity index (χ3n) is 4.07. The van der Waals surface area contributed by atoms with Crippen LogP contribution in [0, 0.1) is 0 Å². The molecule has 1 unspecified atom stereocenters. The van der Waals surface area contributed by atoms with Gasteiger partial charge >= 0.3 is 0 Å². The molecule has 0 aromatic heterocycles. The molecule has 0 bridgehead atoms. The smallest absolute Gasteiger partial charge is 0.254 e. The van der Waals surface area contributed by atoms with Crippen molar-refractivity contribution in [2.45, 2.75) is 13.0 Å². The molecule has 3 aromatic rings. The van der Waals surface area contributed by atoms with Crippen molar-refractivity contribution in [3.8, 4) is 0 Å². The van der Waals surface area contributed by atoms with Crippen LogP contribution in [-0.4, -0.2) is 23.3 Å². The molecule has 0 aliphatic rings. The van der Waals surface area contributed by atoms with Crippen molar-refractivity contribution in [3.05, 3.63) is 107 Å². The highest BCUT2D eigenvalue weighted by atomic mass is 35.5. The first-order valence-electron chi connectivity index (χ1n) is 8.89. The van der Waals surface area contributed by atoms with Crippen molar-refractivity contribution in [2.24, 2.45) is 5.73 Å². The number of carbonyl (C=O) groups is 2. The SMILES string of the molecule is CC(c1cccc(Cl)c1)N(CC(N)=O)C(=O)c1ccccc1.c1ccccc1. The number of nitrogens with zero attached hydrogens (tertiary/aromatic N) is 1. The minimum atomic E-state index is -0.557. The van der Waals surface area contributed by atoms with E-state index in [1.54, 1.807) is 36.4 Å². The Morgan fingerprint density at radius 2 is 1.43 bits per heavy atom. The topological polar surface area (TPSA) is 63.4 Å². The molecule has 3 aromatic carbocycles. The largest absolute Gasteiger partial charge is 0.368 e. The predicted octanol–water partition coefficient (Wildman–Crippen LogP) is 4.72. The Balaban J connectivity index is 0.000000397. The van der Waals surface area contributed by atoms with E-state index in [-0.39, 0.29) is 18.5 Å². The summed E-state index contributed by atoms with van der Waals surface area (Å²) in [5.74, 6) is -0.801. The van der Waals surface area contributed by atoms with E-state index in [4.69, 9.17) is 17.3 Å². The van der Waals surface area contributed by atoms with E-state index >= 15 is 0 Å². The number of rotatable bonds is 5. The van der Waals surface area contributed by atoms with E-state index in [1.807, 2.05) is 61.5 Å². The highest BCUT2D eigenvalue weighted by Crippen LogP contribution is 2.24. The highest BCUT2D eigenvalue weighted by molar-refractivity contribution is 6.30. The number of amides is 2. The lowest BCUT2D eigenvalue weighted by atomic mass is 10.1.